The van der Waals surface area contributed by atoms with Gasteiger partial charge in [0.1, 0.15) is 0 Å². The van der Waals surface area contributed by atoms with E-state index in [9.17, 15) is 0 Å². The van der Waals surface area contributed by atoms with Gasteiger partial charge in [0, 0.05) is 10.8 Å². The van der Waals surface area contributed by atoms with Crippen molar-refractivity contribution in [1.29, 1.82) is 0 Å². The van der Waals surface area contributed by atoms with Gasteiger partial charge in [0.25, 0.3) is 0 Å². The maximum Gasteiger partial charge on any atom is 0.00682 e. The van der Waals surface area contributed by atoms with Gasteiger partial charge in [-0.05, 0) is 43.9 Å². The zero-order valence-corrected chi connectivity index (χ0v) is 16.5. The summed E-state index contributed by atoms with van der Waals surface area (Å²) in [6.07, 6.45) is 0. The summed E-state index contributed by atoms with van der Waals surface area (Å²) < 4.78 is 0. The molecule has 0 saturated carbocycles. The van der Waals surface area contributed by atoms with Gasteiger partial charge in [0.15, 0.2) is 0 Å². The largest absolute Gasteiger partial charge is 0.0676 e. The number of hydrogen-bond acceptors (Lipinski definition) is 0. The van der Waals surface area contributed by atoms with Crippen LogP contribution < -0.4 is 0 Å². The molecule has 2 atom stereocenters. The summed E-state index contributed by atoms with van der Waals surface area (Å²) in [6.45, 7) is 29.4. The Morgan fingerprint density at radius 3 is 1.19 bits per heavy atom. The topological polar surface area (TPSA) is 0 Å². The second-order valence-corrected chi connectivity index (χ2v) is 9.62. The highest BCUT2D eigenvalue weighted by Crippen LogP contribution is 2.79. The van der Waals surface area contributed by atoms with Crippen molar-refractivity contribution in [3.63, 3.8) is 0 Å². The van der Waals surface area contributed by atoms with Crippen LogP contribution in [0.3, 0.4) is 0 Å². The molecule has 2 aliphatic rings. The average Bonchev–Trinajstić information content (AvgIpc) is 2.48. The van der Waals surface area contributed by atoms with E-state index in [1.807, 2.05) is 0 Å². The lowest BCUT2D eigenvalue weighted by Gasteiger charge is -2.67. The van der Waals surface area contributed by atoms with Crippen LogP contribution in [0.1, 0.15) is 83.1 Å². The van der Waals surface area contributed by atoms with E-state index in [1.165, 1.54) is 0 Å². The van der Waals surface area contributed by atoms with E-state index in [-0.39, 0.29) is 27.1 Å². The summed E-state index contributed by atoms with van der Waals surface area (Å²) >= 11 is 0. The third-order valence-corrected chi connectivity index (χ3v) is 9.56. The Labute approximate surface area is 133 Å². The third-order valence-electron chi connectivity index (χ3n) is 9.56. The van der Waals surface area contributed by atoms with Crippen LogP contribution >= 0.6 is 0 Å². The van der Waals surface area contributed by atoms with E-state index in [2.05, 4.69) is 83.1 Å². The molecule has 2 unspecified atom stereocenters. The zero-order chi connectivity index (χ0) is 16.8. The van der Waals surface area contributed by atoms with Crippen LogP contribution in [-0.4, -0.2) is 0 Å². The molecule has 0 fully saturated rings. The van der Waals surface area contributed by atoms with Crippen molar-refractivity contribution in [1.82, 2.24) is 0 Å². The first-order valence-corrected chi connectivity index (χ1v) is 8.50. The fourth-order valence-corrected chi connectivity index (χ4v) is 6.09. The van der Waals surface area contributed by atoms with E-state index < -0.39 is 0 Å². The highest BCUT2D eigenvalue weighted by Gasteiger charge is 2.71. The lowest BCUT2D eigenvalue weighted by Crippen LogP contribution is -2.60. The third kappa shape index (κ3) is 1.31. The maximum atomic E-state index is 2.54. The SMILES string of the molecule is CC1=C(C)C2(C)C(C)(C)C(C)=C(C)C2(C)C(C)(C)C1(C)C. The number of fused-ring (bicyclic) bond motifs is 1. The molecule has 0 aromatic carbocycles. The zero-order valence-electron chi connectivity index (χ0n) is 16.5. The molecule has 2 rings (SSSR count). The van der Waals surface area contributed by atoms with Crippen LogP contribution in [0.2, 0.25) is 0 Å². The molecule has 0 heterocycles. The molecular formula is C21H36. The van der Waals surface area contributed by atoms with E-state index >= 15 is 0 Å². The lowest BCUT2D eigenvalue weighted by atomic mass is 9.36. The quantitative estimate of drug-likeness (QED) is 0.431. The molecule has 0 saturated heterocycles. The fourth-order valence-electron chi connectivity index (χ4n) is 6.09. The molecule has 0 spiro atoms. The Morgan fingerprint density at radius 2 is 0.762 bits per heavy atom. The van der Waals surface area contributed by atoms with Gasteiger partial charge in [-0.3, -0.25) is 0 Å². The molecule has 0 bridgehead atoms. The monoisotopic (exact) mass is 288 g/mol. The Balaban J connectivity index is 3.02. The molecule has 0 N–H and O–H groups in total. The number of hydrogen-bond donors (Lipinski definition) is 0. The van der Waals surface area contributed by atoms with Crippen LogP contribution in [0.5, 0.6) is 0 Å². The molecule has 0 aromatic rings. The first kappa shape index (κ1) is 16.8. The van der Waals surface area contributed by atoms with Crippen LogP contribution in [-0.2, 0) is 0 Å². The first-order chi connectivity index (χ1) is 9.13. The summed E-state index contributed by atoms with van der Waals surface area (Å²) in [5.41, 5.74) is 7.48. The molecule has 0 amide bonds. The molecule has 0 aliphatic heterocycles. The molecule has 21 heavy (non-hydrogen) atoms. The van der Waals surface area contributed by atoms with Gasteiger partial charge in [-0.15, -0.1) is 0 Å². The normalized spacial score (nSPS) is 40.6. The van der Waals surface area contributed by atoms with Crippen molar-refractivity contribution in [2.75, 3.05) is 0 Å². The van der Waals surface area contributed by atoms with Crippen LogP contribution in [0.25, 0.3) is 0 Å². The second kappa shape index (κ2) is 3.87. The molecule has 0 radical (unpaired) electrons. The van der Waals surface area contributed by atoms with Crippen molar-refractivity contribution in [3.8, 4) is 0 Å². The molecule has 0 nitrogen and oxygen atoms in total. The summed E-state index contributed by atoms with van der Waals surface area (Å²) in [6, 6.07) is 0. The highest BCUT2D eigenvalue weighted by molar-refractivity contribution is 5.50. The predicted octanol–water partition coefficient (Wildman–Crippen LogP) is 6.78. The maximum absolute atomic E-state index is 2.54. The molecule has 120 valence electrons. The summed E-state index contributed by atoms with van der Waals surface area (Å²) in [7, 11) is 0. The Bertz CT molecular complexity index is 565. The van der Waals surface area contributed by atoms with Gasteiger partial charge in [-0.2, -0.15) is 0 Å². The minimum Gasteiger partial charge on any atom is -0.0676 e. The van der Waals surface area contributed by atoms with Crippen LogP contribution in [0.4, 0.5) is 0 Å². The minimum atomic E-state index is 0.192. The molecule has 2 aliphatic carbocycles. The summed E-state index contributed by atoms with van der Waals surface area (Å²) in [5.74, 6) is 0. The number of allylic oxidation sites excluding steroid dienone is 4. The van der Waals surface area contributed by atoms with Crippen molar-refractivity contribution < 1.29 is 0 Å². The smallest absolute Gasteiger partial charge is 0.00682 e. The summed E-state index contributed by atoms with van der Waals surface area (Å²) in [4.78, 5) is 0. The van der Waals surface area contributed by atoms with Gasteiger partial charge in [-0.25, -0.2) is 0 Å². The van der Waals surface area contributed by atoms with Gasteiger partial charge in [-0.1, -0.05) is 77.7 Å². The lowest BCUT2D eigenvalue weighted by molar-refractivity contribution is -0.0983. The Morgan fingerprint density at radius 1 is 0.429 bits per heavy atom. The average molecular weight is 289 g/mol. The number of rotatable bonds is 0. The Hall–Kier alpha value is -0.520. The fraction of sp³-hybridized carbons (Fsp3) is 0.810. The van der Waals surface area contributed by atoms with E-state index in [4.69, 9.17) is 0 Å². The van der Waals surface area contributed by atoms with Crippen molar-refractivity contribution >= 4 is 0 Å². The van der Waals surface area contributed by atoms with Crippen molar-refractivity contribution in [3.05, 3.63) is 22.3 Å². The molecule has 0 heteroatoms. The standard InChI is InChI=1S/C21H36/c1-13-15(3)20(11)18(7,8)14(2)16(4)21(20,12)19(9,10)17(13,5)6/h1-12H3. The van der Waals surface area contributed by atoms with Gasteiger partial charge in [0.2, 0.25) is 0 Å². The molecule has 0 aromatic heterocycles. The first-order valence-electron chi connectivity index (χ1n) is 8.50. The highest BCUT2D eigenvalue weighted by atomic mass is 14.7. The van der Waals surface area contributed by atoms with Crippen LogP contribution in [0.15, 0.2) is 22.3 Å². The van der Waals surface area contributed by atoms with Crippen LogP contribution in [0, 0.1) is 27.1 Å². The van der Waals surface area contributed by atoms with Gasteiger partial charge < -0.3 is 0 Å². The van der Waals surface area contributed by atoms with E-state index in [1.54, 1.807) is 22.3 Å². The van der Waals surface area contributed by atoms with Gasteiger partial charge >= 0.3 is 0 Å². The van der Waals surface area contributed by atoms with Crippen molar-refractivity contribution in [2.45, 2.75) is 83.1 Å². The minimum absolute atomic E-state index is 0.192. The Kier molecular flexibility index (Phi) is 3.10. The van der Waals surface area contributed by atoms with Gasteiger partial charge in [0.05, 0.1) is 0 Å². The molecular weight excluding hydrogens is 252 g/mol. The summed E-state index contributed by atoms with van der Waals surface area (Å²) in [5, 5.41) is 0. The van der Waals surface area contributed by atoms with E-state index in [0.717, 1.165) is 0 Å². The predicted molar refractivity (Wildman–Crippen MR) is 94.3 cm³/mol. The van der Waals surface area contributed by atoms with E-state index in [0.29, 0.717) is 0 Å². The second-order valence-electron chi connectivity index (χ2n) is 9.62. The van der Waals surface area contributed by atoms with Crippen molar-refractivity contribution in [2.24, 2.45) is 27.1 Å².